The third kappa shape index (κ3) is 7.67. The Labute approximate surface area is 181 Å². The number of methoxy groups -OCH3 is 2. The molecule has 0 saturated carbocycles. The van der Waals surface area contributed by atoms with Gasteiger partial charge in [0.25, 0.3) is 0 Å². The number of aliphatic imine (C=N–C) groups is 1. The van der Waals surface area contributed by atoms with E-state index in [1.54, 1.807) is 32.5 Å². The second-order valence-electron chi connectivity index (χ2n) is 5.12. The van der Waals surface area contributed by atoms with Crippen LogP contribution in [0.2, 0.25) is 5.02 Å². The first-order chi connectivity index (χ1) is 12.7. The Kier molecular flexibility index (Phi) is 10.6. The van der Waals surface area contributed by atoms with Crippen molar-refractivity contribution in [2.75, 3.05) is 39.2 Å². The Bertz CT molecular complexity index is 729. The molecule has 1 aromatic heterocycles. The topological polar surface area (TPSA) is 77.0 Å². The number of aromatic nitrogens is 1. The summed E-state index contributed by atoms with van der Waals surface area (Å²) in [5.74, 6) is 2.48. The van der Waals surface area contributed by atoms with Crippen molar-refractivity contribution in [1.29, 1.82) is 0 Å². The van der Waals surface area contributed by atoms with E-state index >= 15 is 0 Å². The van der Waals surface area contributed by atoms with E-state index in [0.717, 1.165) is 12.2 Å². The lowest BCUT2D eigenvalue weighted by atomic mass is 10.3. The lowest BCUT2D eigenvalue weighted by Gasteiger charge is -2.14. The number of rotatable bonds is 8. The Morgan fingerprint density at radius 2 is 1.93 bits per heavy atom. The highest BCUT2D eigenvalue weighted by atomic mass is 127. The van der Waals surface area contributed by atoms with Crippen LogP contribution in [0, 0.1) is 0 Å². The largest absolute Gasteiger partial charge is 0.493 e. The maximum atomic E-state index is 5.79. The SMILES string of the molecule is CCNC(=NCCOc1ccc(Cl)cn1)Nc1ccc(OC)c(OC)c1.I. The van der Waals surface area contributed by atoms with Crippen LogP contribution >= 0.6 is 35.6 Å². The predicted octanol–water partition coefficient (Wildman–Crippen LogP) is 3.83. The molecule has 0 unspecified atom stereocenters. The molecule has 1 heterocycles. The lowest BCUT2D eigenvalue weighted by Crippen LogP contribution is -2.31. The zero-order valence-electron chi connectivity index (χ0n) is 15.5. The molecule has 0 aliphatic rings. The van der Waals surface area contributed by atoms with Gasteiger partial charge in [-0.1, -0.05) is 11.6 Å². The molecule has 7 nitrogen and oxygen atoms in total. The minimum atomic E-state index is 0. The third-order valence-corrected chi connectivity index (χ3v) is 3.53. The van der Waals surface area contributed by atoms with Gasteiger partial charge in [0.15, 0.2) is 17.5 Å². The number of halogens is 2. The van der Waals surface area contributed by atoms with Gasteiger partial charge in [-0.25, -0.2) is 9.98 Å². The maximum Gasteiger partial charge on any atom is 0.213 e. The van der Waals surface area contributed by atoms with Gasteiger partial charge in [-0.05, 0) is 25.1 Å². The van der Waals surface area contributed by atoms with Crippen LogP contribution in [0.4, 0.5) is 5.69 Å². The number of nitrogens with zero attached hydrogens (tertiary/aromatic N) is 2. The van der Waals surface area contributed by atoms with Gasteiger partial charge in [-0.2, -0.15) is 0 Å². The number of hydrogen-bond acceptors (Lipinski definition) is 5. The van der Waals surface area contributed by atoms with Crippen LogP contribution < -0.4 is 24.8 Å². The molecule has 0 atom stereocenters. The summed E-state index contributed by atoms with van der Waals surface area (Å²) in [6.07, 6.45) is 1.54. The summed E-state index contributed by atoms with van der Waals surface area (Å²) < 4.78 is 16.1. The van der Waals surface area contributed by atoms with E-state index < -0.39 is 0 Å². The van der Waals surface area contributed by atoms with E-state index in [1.165, 1.54) is 0 Å². The normalized spacial score (nSPS) is 10.6. The standard InChI is InChI=1S/C18H23ClN4O3.HI/c1-4-20-18(21-9-10-26-17-8-5-13(19)12-22-17)23-14-6-7-15(24-2)16(11-14)25-3;/h5-8,11-12H,4,9-10H2,1-3H3,(H2,20,21,23);1H. The van der Waals surface area contributed by atoms with Crippen molar-refractivity contribution in [3.05, 3.63) is 41.6 Å². The van der Waals surface area contributed by atoms with Gasteiger partial charge in [0.1, 0.15) is 6.61 Å². The molecular weight excluding hydrogens is 483 g/mol. The van der Waals surface area contributed by atoms with Crippen LogP contribution in [-0.4, -0.2) is 44.9 Å². The number of benzene rings is 1. The number of nitrogens with one attached hydrogen (secondary N) is 2. The van der Waals surface area contributed by atoms with Gasteiger partial charge in [-0.15, -0.1) is 24.0 Å². The van der Waals surface area contributed by atoms with Crippen LogP contribution in [0.3, 0.4) is 0 Å². The second-order valence-corrected chi connectivity index (χ2v) is 5.55. The summed E-state index contributed by atoms with van der Waals surface area (Å²) in [4.78, 5) is 8.56. The van der Waals surface area contributed by atoms with Crippen molar-refractivity contribution in [2.45, 2.75) is 6.92 Å². The molecule has 0 aliphatic carbocycles. The molecule has 2 aromatic rings. The highest BCUT2D eigenvalue weighted by Gasteiger charge is 2.06. The van der Waals surface area contributed by atoms with Gasteiger partial charge in [-0.3, -0.25) is 0 Å². The minimum absolute atomic E-state index is 0. The molecule has 0 amide bonds. The Morgan fingerprint density at radius 1 is 1.15 bits per heavy atom. The van der Waals surface area contributed by atoms with Crippen LogP contribution in [0.1, 0.15) is 6.92 Å². The maximum absolute atomic E-state index is 5.79. The molecule has 0 fully saturated rings. The third-order valence-electron chi connectivity index (χ3n) is 3.30. The summed E-state index contributed by atoms with van der Waals surface area (Å²) in [5, 5.41) is 6.98. The fourth-order valence-electron chi connectivity index (χ4n) is 2.11. The molecular formula is C18H24ClIN4O3. The first-order valence-corrected chi connectivity index (χ1v) is 8.55. The molecule has 0 radical (unpaired) electrons. The highest BCUT2D eigenvalue weighted by Crippen LogP contribution is 2.29. The van der Waals surface area contributed by atoms with Crippen LogP contribution in [0.25, 0.3) is 0 Å². The molecule has 0 spiro atoms. The summed E-state index contributed by atoms with van der Waals surface area (Å²) >= 11 is 5.79. The Morgan fingerprint density at radius 3 is 2.56 bits per heavy atom. The smallest absolute Gasteiger partial charge is 0.213 e. The van der Waals surface area contributed by atoms with Crippen molar-refractivity contribution < 1.29 is 14.2 Å². The molecule has 1 aromatic carbocycles. The molecule has 0 aliphatic heterocycles. The fraction of sp³-hybridized carbons (Fsp3) is 0.333. The van der Waals surface area contributed by atoms with Crippen molar-refractivity contribution in [3.63, 3.8) is 0 Å². The van der Waals surface area contributed by atoms with Gasteiger partial charge in [0.05, 0.1) is 25.8 Å². The fourth-order valence-corrected chi connectivity index (χ4v) is 2.22. The molecule has 0 saturated heterocycles. The molecule has 2 N–H and O–H groups in total. The first kappa shape index (κ1) is 23.1. The second kappa shape index (κ2) is 12.4. The molecule has 2 rings (SSSR count). The Hall–Kier alpha value is -1.94. The minimum Gasteiger partial charge on any atom is -0.493 e. The van der Waals surface area contributed by atoms with E-state index in [1.807, 2.05) is 25.1 Å². The van der Waals surface area contributed by atoms with E-state index in [9.17, 15) is 0 Å². The van der Waals surface area contributed by atoms with Gasteiger partial charge < -0.3 is 24.8 Å². The zero-order valence-corrected chi connectivity index (χ0v) is 18.6. The van der Waals surface area contributed by atoms with Gasteiger partial charge in [0.2, 0.25) is 5.88 Å². The monoisotopic (exact) mass is 506 g/mol. The lowest BCUT2D eigenvalue weighted by molar-refractivity contribution is 0.316. The van der Waals surface area contributed by atoms with Crippen molar-refractivity contribution in [1.82, 2.24) is 10.3 Å². The first-order valence-electron chi connectivity index (χ1n) is 8.18. The van der Waals surface area contributed by atoms with E-state index in [4.69, 9.17) is 25.8 Å². The number of guanidine groups is 1. The Balaban J connectivity index is 0.00000364. The quantitative estimate of drug-likeness (QED) is 0.245. The van der Waals surface area contributed by atoms with E-state index in [2.05, 4.69) is 20.6 Å². The molecule has 9 heteroatoms. The highest BCUT2D eigenvalue weighted by molar-refractivity contribution is 14.0. The average molecular weight is 507 g/mol. The number of hydrogen-bond donors (Lipinski definition) is 2. The molecule has 27 heavy (non-hydrogen) atoms. The number of pyridine rings is 1. The summed E-state index contributed by atoms with van der Waals surface area (Å²) in [5.41, 5.74) is 0.836. The van der Waals surface area contributed by atoms with Gasteiger partial charge in [0, 0.05) is 30.6 Å². The summed E-state index contributed by atoms with van der Waals surface area (Å²) in [6.45, 7) is 3.60. The predicted molar refractivity (Wildman–Crippen MR) is 119 cm³/mol. The molecule has 148 valence electrons. The van der Waals surface area contributed by atoms with Crippen LogP contribution in [0.5, 0.6) is 17.4 Å². The van der Waals surface area contributed by atoms with E-state index in [0.29, 0.717) is 41.5 Å². The summed E-state index contributed by atoms with van der Waals surface area (Å²) in [7, 11) is 3.20. The van der Waals surface area contributed by atoms with Crippen molar-refractivity contribution in [2.24, 2.45) is 4.99 Å². The zero-order chi connectivity index (χ0) is 18.8. The van der Waals surface area contributed by atoms with E-state index in [-0.39, 0.29) is 24.0 Å². The summed E-state index contributed by atoms with van der Waals surface area (Å²) in [6, 6.07) is 9.02. The van der Waals surface area contributed by atoms with Crippen molar-refractivity contribution in [3.8, 4) is 17.4 Å². The van der Waals surface area contributed by atoms with Crippen LogP contribution in [-0.2, 0) is 0 Å². The van der Waals surface area contributed by atoms with Crippen LogP contribution in [0.15, 0.2) is 41.5 Å². The average Bonchev–Trinajstić information content (AvgIpc) is 2.66. The number of ether oxygens (including phenoxy) is 3. The van der Waals surface area contributed by atoms with Gasteiger partial charge >= 0.3 is 0 Å². The molecule has 0 bridgehead atoms. The van der Waals surface area contributed by atoms with Crippen molar-refractivity contribution >= 4 is 47.2 Å². The number of anilines is 1.